The standard InChI is InChI=1S/C61H86N8O10S/c1-36(62-11)52(71)67-51(59(3,4)5)57(76)69-34-42(33-48(69)55(74)64-46-27-19-23-41-21-15-17-25-44(41)46)39-30-28-38(29-31-39)32-47(54(73)63-45-26-18-22-40-20-14-16-24-43(40)45)65-56(75)50(61(9,10)80-35-49(70)78-13)66-53(72)37(2)68(12)58(77)79-60(6,7)8/h14-17,20-21,24-25,28-31,36-37,42,45-48,50-51,62H,18-19,22-23,26-27,32-35H2,1-13H3,(H,63,73)(H,64,74)(H,65,75)(H,66,72)(H,67,71)/t36-,37-,42-,45+,46+,47-,48-,50+,51+/m0/s1. The number of fused-ring (bicyclic) bond motifs is 2. The second kappa shape index (κ2) is 26.9. The Hall–Kier alpha value is -6.47. The second-order valence-electron chi connectivity index (χ2n) is 24.2. The number of thioether (sulfide) groups is 1. The third kappa shape index (κ3) is 16.1. The Morgan fingerprint density at radius 1 is 0.713 bits per heavy atom. The van der Waals surface area contributed by atoms with Gasteiger partial charge in [-0.15, -0.1) is 11.8 Å². The number of ether oxygens (including phenoxy) is 2. The van der Waals surface area contributed by atoms with Gasteiger partial charge in [0.15, 0.2) is 0 Å². The number of benzene rings is 3. The van der Waals surface area contributed by atoms with Crippen LogP contribution in [0.25, 0.3) is 0 Å². The Labute approximate surface area is 477 Å². The van der Waals surface area contributed by atoms with Crippen LogP contribution in [0.15, 0.2) is 72.8 Å². The number of rotatable bonds is 20. The van der Waals surface area contributed by atoms with Gasteiger partial charge in [0.25, 0.3) is 0 Å². The van der Waals surface area contributed by atoms with Gasteiger partial charge in [0, 0.05) is 30.7 Å². The summed E-state index contributed by atoms with van der Waals surface area (Å²) in [5.74, 6) is -3.75. The van der Waals surface area contributed by atoms with Crippen LogP contribution in [0.4, 0.5) is 4.79 Å². The molecule has 6 N–H and O–H groups in total. The molecule has 80 heavy (non-hydrogen) atoms. The molecule has 0 unspecified atom stereocenters. The molecule has 6 rings (SSSR count). The Morgan fingerprint density at radius 3 is 1.82 bits per heavy atom. The lowest BCUT2D eigenvalue weighted by atomic mass is 9.85. The number of likely N-dealkylation sites (N-methyl/N-ethyl adjacent to an activating group) is 2. The fraction of sp³-hybridized carbons (Fsp3) is 0.574. The summed E-state index contributed by atoms with van der Waals surface area (Å²) in [7, 11) is 4.35. The Kier molecular flexibility index (Phi) is 21.1. The van der Waals surface area contributed by atoms with Crippen molar-refractivity contribution in [3.8, 4) is 0 Å². The molecule has 1 saturated heterocycles. The summed E-state index contributed by atoms with van der Waals surface area (Å²) in [4.78, 5) is 115. The van der Waals surface area contributed by atoms with E-state index in [2.05, 4.69) is 38.0 Å². The first-order valence-corrected chi connectivity index (χ1v) is 29.0. The van der Waals surface area contributed by atoms with E-state index in [0.29, 0.717) is 18.4 Å². The minimum Gasteiger partial charge on any atom is -0.468 e. The highest BCUT2D eigenvalue weighted by molar-refractivity contribution is 8.01. The molecule has 3 aliphatic rings. The number of carbonyl (C=O) groups is 8. The number of methoxy groups -OCH3 is 1. The maximum Gasteiger partial charge on any atom is 0.410 e. The minimum absolute atomic E-state index is 0.0293. The van der Waals surface area contributed by atoms with Crippen LogP contribution in [-0.4, -0.2) is 137 Å². The van der Waals surface area contributed by atoms with Crippen molar-refractivity contribution < 1.29 is 47.8 Å². The molecule has 0 spiro atoms. The van der Waals surface area contributed by atoms with Gasteiger partial charge < -0.3 is 46.3 Å². The zero-order valence-corrected chi connectivity index (χ0v) is 49.9. The minimum atomic E-state index is -1.34. The van der Waals surface area contributed by atoms with Crippen molar-refractivity contribution >= 4 is 59.3 Å². The molecule has 2 aliphatic carbocycles. The van der Waals surface area contributed by atoms with Crippen molar-refractivity contribution in [3.05, 3.63) is 106 Å². The number of carbonyl (C=O) groups excluding carboxylic acids is 8. The number of hydrogen-bond donors (Lipinski definition) is 6. The van der Waals surface area contributed by atoms with Crippen molar-refractivity contribution in [1.29, 1.82) is 0 Å². The third-order valence-electron chi connectivity index (χ3n) is 15.7. The van der Waals surface area contributed by atoms with E-state index in [0.717, 1.165) is 71.0 Å². The predicted molar refractivity (Wildman–Crippen MR) is 309 cm³/mol. The number of aryl methyl sites for hydroxylation is 2. The van der Waals surface area contributed by atoms with Gasteiger partial charge in [0.05, 0.1) is 31.0 Å². The van der Waals surface area contributed by atoms with Gasteiger partial charge in [-0.1, -0.05) is 93.6 Å². The van der Waals surface area contributed by atoms with Crippen LogP contribution in [-0.2, 0) is 62.3 Å². The highest BCUT2D eigenvalue weighted by atomic mass is 32.2. The van der Waals surface area contributed by atoms with Crippen LogP contribution in [0.5, 0.6) is 0 Å². The highest BCUT2D eigenvalue weighted by Gasteiger charge is 2.47. The van der Waals surface area contributed by atoms with E-state index in [4.69, 9.17) is 9.47 Å². The fourth-order valence-corrected chi connectivity index (χ4v) is 11.6. The van der Waals surface area contributed by atoms with Gasteiger partial charge in [-0.05, 0) is 139 Å². The fourth-order valence-electron chi connectivity index (χ4n) is 10.6. The first kappa shape index (κ1) is 62.7. The Bertz CT molecular complexity index is 2720. The maximum absolute atomic E-state index is 14.9. The summed E-state index contributed by atoms with van der Waals surface area (Å²) in [6.07, 6.45) is 4.59. The van der Waals surface area contributed by atoms with Crippen molar-refractivity contribution in [2.24, 2.45) is 5.41 Å². The SMILES string of the molecule is CN[C@@H](C)C(=O)N[C@H](C(=O)N1C[C@@H](c2ccc(C[C@H](NC(=O)[C@@H](NC(=O)[C@H](C)N(C)C(=O)OC(C)(C)C)C(C)(C)SCC(=O)OC)C(=O)N[C@@H]3CCCc4ccccc43)cc2)C[C@H]1C(=O)N[C@@H]1CCCc2ccccc21)C(C)(C)C. The van der Waals surface area contributed by atoms with Gasteiger partial charge >= 0.3 is 12.1 Å². The first-order valence-electron chi connectivity index (χ1n) is 28.0. The highest BCUT2D eigenvalue weighted by Crippen LogP contribution is 2.37. The summed E-state index contributed by atoms with van der Waals surface area (Å²) >= 11 is 1.09. The van der Waals surface area contributed by atoms with E-state index in [1.807, 2.05) is 87.5 Å². The molecule has 9 atom stereocenters. The lowest BCUT2D eigenvalue weighted by molar-refractivity contribution is -0.144. The van der Waals surface area contributed by atoms with Crippen LogP contribution in [0.1, 0.15) is 153 Å². The lowest BCUT2D eigenvalue weighted by Gasteiger charge is -2.36. The van der Waals surface area contributed by atoms with Crippen LogP contribution in [0.3, 0.4) is 0 Å². The largest absolute Gasteiger partial charge is 0.468 e. The van der Waals surface area contributed by atoms with E-state index in [9.17, 15) is 38.4 Å². The topological polar surface area (TPSA) is 234 Å². The summed E-state index contributed by atoms with van der Waals surface area (Å²) < 4.78 is 9.25. The van der Waals surface area contributed by atoms with Gasteiger partial charge in [-0.2, -0.15) is 0 Å². The zero-order valence-electron chi connectivity index (χ0n) is 49.1. The molecule has 18 nitrogen and oxygen atoms in total. The van der Waals surface area contributed by atoms with Crippen molar-refractivity contribution in [1.82, 2.24) is 41.7 Å². The van der Waals surface area contributed by atoms with Crippen LogP contribution >= 0.6 is 11.8 Å². The van der Waals surface area contributed by atoms with Gasteiger partial charge in [-0.25, -0.2) is 4.79 Å². The summed E-state index contributed by atoms with van der Waals surface area (Å²) in [5, 5.41) is 18.3. The normalized spacial score (nSPS) is 20.0. The summed E-state index contributed by atoms with van der Waals surface area (Å²) in [6.45, 7) is 17.6. The predicted octanol–water partition coefficient (Wildman–Crippen LogP) is 6.35. The summed E-state index contributed by atoms with van der Waals surface area (Å²) in [6, 6.07) is 17.1. The first-order chi connectivity index (χ1) is 37.6. The number of hydrogen-bond acceptors (Lipinski definition) is 12. The van der Waals surface area contributed by atoms with Crippen molar-refractivity contribution in [2.45, 2.75) is 185 Å². The van der Waals surface area contributed by atoms with Gasteiger partial charge in [0.1, 0.15) is 35.8 Å². The number of nitrogens with zero attached hydrogens (tertiary/aromatic N) is 2. The zero-order chi connectivity index (χ0) is 58.9. The van der Waals surface area contributed by atoms with Crippen molar-refractivity contribution in [2.75, 3.05) is 33.5 Å². The molecular formula is C61H86N8O10S. The molecule has 436 valence electrons. The molecular weight excluding hydrogens is 1040 g/mol. The number of nitrogens with one attached hydrogen (secondary N) is 6. The second-order valence-corrected chi connectivity index (χ2v) is 25.9. The molecule has 19 heteroatoms. The molecule has 1 aliphatic heterocycles. The molecule has 0 radical (unpaired) electrons. The number of esters is 1. The maximum atomic E-state index is 14.9. The van der Waals surface area contributed by atoms with Gasteiger partial charge in [-0.3, -0.25) is 38.5 Å². The molecule has 0 saturated carbocycles. The van der Waals surface area contributed by atoms with Crippen LogP contribution < -0.4 is 31.9 Å². The Morgan fingerprint density at radius 2 is 1.27 bits per heavy atom. The average molecular weight is 1120 g/mol. The smallest absolute Gasteiger partial charge is 0.410 e. The van der Waals surface area contributed by atoms with Crippen LogP contribution in [0.2, 0.25) is 0 Å². The lowest BCUT2D eigenvalue weighted by Crippen LogP contribution is -2.62. The molecule has 1 heterocycles. The quantitative estimate of drug-likeness (QED) is 0.0680. The molecule has 7 amide bonds. The average Bonchev–Trinajstić information content (AvgIpc) is 3.99. The third-order valence-corrected chi connectivity index (χ3v) is 17.0. The molecule has 1 fully saturated rings. The van der Waals surface area contributed by atoms with Crippen LogP contribution in [0, 0.1) is 5.41 Å². The van der Waals surface area contributed by atoms with E-state index in [1.54, 1.807) is 53.5 Å². The van der Waals surface area contributed by atoms with Crippen molar-refractivity contribution in [3.63, 3.8) is 0 Å². The molecule has 3 aromatic carbocycles. The van der Waals surface area contributed by atoms with E-state index in [-0.39, 0.29) is 54.4 Å². The Balaban J connectivity index is 1.30. The monoisotopic (exact) mass is 1120 g/mol. The molecule has 3 aromatic rings. The molecule has 0 bridgehead atoms. The van der Waals surface area contributed by atoms with E-state index in [1.165, 1.54) is 26.6 Å². The summed E-state index contributed by atoms with van der Waals surface area (Å²) in [5.41, 5.74) is 4.39. The number of amides is 7. The van der Waals surface area contributed by atoms with E-state index < -0.39 is 81.8 Å². The number of likely N-dealkylation sites (tertiary alicyclic amines) is 1. The van der Waals surface area contributed by atoms with Gasteiger partial charge in [0.2, 0.25) is 35.4 Å². The molecule has 0 aromatic heterocycles. The van der Waals surface area contributed by atoms with E-state index >= 15 is 0 Å².